The molecule has 0 saturated heterocycles. The van der Waals surface area contributed by atoms with Crippen molar-refractivity contribution in [3.8, 4) is 5.75 Å². The molecule has 0 radical (unpaired) electrons. The summed E-state index contributed by atoms with van der Waals surface area (Å²) in [4.78, 5) is 23.9. The van der Waals surface area contributed by atoms with E-state index in [1.807, 2.05) is 39.0 Å². The van der Waals surface area contributed by atoms with Gasteiger partial charge in [-0.2, -0.15) is 0 Å². The first-order valence-corrected chi connectivity index (χ1v) is 8.85. The van der Waals surface area contributed by atoms with E-state index in [9.17, 15) is 14.0 Å². The topological polar surface area (TPSA) is 67.4 Å². The van der Waals surface area contributed by atoms with E-state index >= 15 is 0 Å². The molecule has 0 bridgehead atoms. The van der Waals surface area contributed by atoms with Gasteiger partial charge in [-0.05, 0) is 48.2 Å². The van der Waals surface area contributed by atoms with Crippen molar-refractivity contribution < 1.29 is 18.7 Å². The van der Waals surface area contributed by atoms with Gasteiger partial charge in [0.15, 0.2) is 6.61 Å². The van der Waals surface area contributed by atoms with Crippen LogP contribution in [-0.4, -0.2) is 18.4 Å². The van der Waals surface area contributed by atoms with Gasteiger partial charge in [-0.15, -0.1) is 0 Å². The fourth-order valence-electron chi connectivity index (χ4n) is 2.29. The van der Waals surface area contributed by atoms with Gasteiger partial charge >= 0.3 is 0 Å². The lowest BCUT2D eigenvalue weighted by atomic mass is 10.0. The Balaban J connectivity index is 1.93. The highest BCUT2D eigenvalue weighted by atomic mass is 79.9. The highest BCUT2D eigenvalue weighted by molar-refractivity contribution is 9.10. The van der Waals surface area contributed by atoms with Gasteiger partial charge in [-0.3, -0.25) is 20.4 Å². The van der Waals surface area contributed by atoms with Gasteiger partial charge in [0.2, 0.25) is 0 Å². The molecule has 2 aromatic carbocycles. The van der Waals surface area contributed by atoms with E-state index in [-0.39, 0.29) is 18.1 Å². The second kappa shape index (κ2) is 8.80. The summed E-state index contributed by atoms with van der Waals surface area (Å²) in [5, 5.41) is 0. The molecule has 0 atom stereocenters. The molecule has 0 aliphatic carbocycles. The van der Waals surface area contributed by atoms with Crippen LogP contribution in [0.5, 0.6) is 5.75 Å². The molecule has 0 aliphatic heterocycles. The van der Waals surface area contributed by atoms with Crippen LogP contribution in [0, 0.1) is 12.7 Å². The molecule has 2 rings (SSSR count). The lowest BCUT2D eigenvalue weighted by Gasteiger charge is -2.15. The Morgan fingerprint density at radius 2 is 1.88 bits per heavy atom. The van der Waals surface area contributed by atoms with Crippen LogP contribution >= 0.6 is 15.9 Å². The number of ether oxygens (including phenoxy) is 1. The van der Waals surface area contributed by atoms with Gasteiger partial charge in [0, 0.05) is 4.47 Å². The number of amides is 2. The largest absolute Gasteiger partial charge is 0.483 e. The Kier molecular flexibility index (Phi) is 6.74. The second-order valence-electron chi connectivity index (χ2n) is 6.11. The first-order valence-electron chi connectivity index (χ1n) is 8.05. The zero-order chi connectivity index (χ0) is 19.3. The van der Waals surface area contributed by atoms with Crippen molar-refractivity contribution in [2.24, 2.45) is 0 Å². The van der Waals surface area contributed by atoms with E-state index in [4.69, 9.17) is 4.74 Å². The van der Waals surface area contributed by atoms with E-state index in [1.54, 1.807) is 0 Å². The maximum Gasteiger partial charge on any atom is 0.276 e. The molecule has 0 saturated carbocycles. The van der Waals surface area contributed by atoms with E-state index in [2.05, 4.69) is 26.8 Å². The molecule has 2 aromatic rings. The minimum absolute atomic E-state index is 0.179. The summed E-state index contributed by atoms with van der Waals surface area (Å²) >= 11 is 3.17. The molecule has 0 unspecified atom stereocenters. The standard InChI is InChI=1S/C19H20BrFN2O3/c1-11(2)14-6-4-12(3)8-17(14)26-10-18(24)22-23-19(25)15-9-13(20)5-7-16(15)21/h4-9,11H,10H2,1-3H3,(H,22,24)(H,23,25). The van der Waals surface area contributed by atoms with Gasteiger partial charge in [-0.1, -0.05) is 41.9 Å². The predicted octanol–water partition coefficient (Wildman–Crippen LogP) is 3.86. The Morgan fingerprint density at radius 3 is 2.58 bits per heavy atom. The monoisotopic (exact) mass is 422 g/mol. The molecule has 26 heavy (non-hydrogen) atoms. The van der Waals surface area contributed by atoms with Crippen molar-refractivity contribution in [2.45, 2.75) is 26.7 Å². The van der Waals surface area contributed by atoms with Crippen LogP contribution in [0.2, 0.25) is 0 Å². The molecule has 0 aromatic heterocycles. The summed E-state index contributed by atoms with van der Waals surface area (Å²) in [6.07, 6.45) is 0. The zero-order valence-corrected chi connectivity index (χ0v) is 16.3. The third kappa shape index (κ3) is 5.29. The average molecular weight is 423 g/mol. The van der Waals surface area contributed by atoms with Gasteiger partial charge in [-0.25, -0.2) is 4.39 Å². The van der Waals surface area contributed by atoms with Gasteiger partial charge in [0.1, 0.15) is 11.6 Å². The Labute approximate surface area is 160 Å². The van der Waals surface area contributed by atoms with Crippen molar-refractivity contribution in [1.29, 1.82) is 0 Å². The van der Waals surface area contributed by atoms with E-state index in [0.717, 1.165) is 17.2 Å². The smallest absolute Gasteiger partial charge is 0.276 e. The number of rotatable bonds is 5. The molecular formula is C19H20BrFN2O3. The van der Waals surface area contributed by atoms with Crippen LogP contribution in [0.25, 0.3) is 0 Å². The number of carbonyl (C=O) groups is 2. The maximum absolute atomic E-state index is 13.7. The summed E-state index contributed by atoms with van der Waals surface area (Å²) < 4.78 is 19.8. The Morgan fingerprint density at radius 1 is 1.15 bits per heavy atom. The predicted molar refractivity (Wildman–Crippen MR) is 100 cm³/mol. The summed E-state index contributed by atoms with van der Waals surface area (Å²) in [5.41, 5.74) is 6.22. The first kappa shape index (κ1) is 19.9. The summed E-state index contributed by atoms with van der Waals surface area (Å²) in [5.74, 6) is -1.12. The molecule has 138 valence electrons. The maximum atomic E-state index is 13.7. The van der Waals surface area contributed by atoms with Crippen molar-refractivity contribution in [2.75, 3.05) is 6.61 Å². The number of hydrazine groups is 1. The highest BCUT2D eigenvalue weighted by Gasteiger charge is 2.14. The van der Waals surface area contributed by atoms with Crippen LogP contribution in [-0.2, 0) is 4.79 Å². The van der Waals surface area contributed by atoms with Gasteiger partial charge in [0.05, 0.1) is 5.56 Å². The quantitative estimate of drug-likeness (QED) is 0.718. The minimum Gasteiger partial charge on any atom is -0.483 e. The number of halogens is 2. The lowest BCUT2D eigenvalue weighted by Crippen LogP contribution is -2.44. The number of nitrogens with one attached hydrogen (secondary N) is 2. The van der Waals surface area contributed by atoms with Gasteiger partial charge < -0.3 is 4.74 Å². The van der Waals surface area contributed by atoms with Gasteiger partial charge in [0.25, 0.3) is 11.8 Å². The molecule has 5 nitrogen and oxygen atoms in total. The van der Waals surface area contributed by atoms with Crippen molar-refractivity contribution in [3.05, 3.63) is 63.4 Å². The normalized spacial score (nSPS) is 10.5. The molecule has 0 fully saturated rings. The number of carbonyl (C=O) groups excluding carboxylic acids is 2. The van der Waals surface area contributed by atoms with E-state index in [0.29, 0.717) is 10.2 Å². The molecule has 0 heterocycles. The third-order valence-corrected chi connectivity index (χ3v) is 4.13. The SMILES string of the molecule is Cc1ccc(C(C)C)c(OCC(=O)NNC(=O)c2cc(Br)ccc2F)c1. The zero-order valence-electron chi connectivity index (χ0n) is 14.7. The number of hydrogen-bond donors (Lipinski definition) is 2. The van der Waals surface area contributed by atoms with Crippen LogP contribution in [0.1, 0.15) is 41.3 Å². The van der Waals surface area contributed by atoms with E-state index in [1.165, 1.54) is 12.1 Å². The Hall–Kier alpha value is -2.41. The van der Waals surface area contributed by atoms with Crippen molar-refractivity contribution in [3.63, 3.8) is 0 Å². The minimum atomic E-state index is -0.754. The first-order chi connectivity index (χ1) is 12.3. The molecule has 0 spiro atoms. The van der Waals surface area contributed by atoms with E-state index < -0.39 is 17.6 Å². The lowest BCUT2D eigenvalue weighted by molar-refractivity contribution is -0.123. The third-order valence-electron chi connectivity index (χ3n) is 3.64. The molecule has 7 heteroatoms. The number of aryl methyl sites for hydroxylation is 1. The van der Waals surface area contributed by atoms with Crippen LogP contribution < -0.4 is 15.6 Å². The van der Waals surface area contributed by atoms with Crippen LogP contribution in [0.15, 0.2) is 40.9 Å². The molecule has 2 amide bonds. The second-order valence-corrected chi connectivity index (χ2v) is 7.03. The summed E-state index contributed by atoms with van der Waals surface area (Å²) in [6.45, 7) is 5.73. The van der Waals surface area contributed by atoms with Crippen molar-refractivity contribution >= 4 is 27.7 Å². The number of benzene rings is 2. The van der Waals surface area contributed by atoms with Crippen LogP contribution in [0.4, 0.5) is 4.39 Å². The fourth-order valence-corrected chi connectivity index (χ4v) is 2.65. The fraction of sp³-hybridized carbons (Fsp3) is 0.263. The van der Waals surface area contributed by atoms with Crippen LogP contribution in [0.3, 0.4) is 0 Å². The molecular weight excluding hydrogens is 403 g/mol. The van der Waals surface area contributed by atoms with Crippen molar-refractivity contribution in [1.82, 2.24) is 10.9 Å². The molecule has 2 N–H and O–H groups in total. The summed E-state index contributed by atoms with van der Waals surface area (Å²) in [6, 6.07) is 9.77. The Bertz CT molecular complexity index is 824. The molecule has 0 aliphatic rings. The number of hydrogen-bond acceptors (Lipinski definition) is 3. The average Bonchev–Trinajstić information content (AvgIpc) is 2.59. The summed E-state index contributed by atoms with van der Waals surface area (Å²) in [7, 11) is 0. The highest BCUT2D eigenvalue weighted by Crippen LogP contribution is 2.27.